The normalized spacial score (nSPS) is 12.6. The fourth-order valence-electron chi connectivity index (χ4n) is 1.43. The van der Waals surface area contributed by atoms with Gasteiger partial charge in [0, 0.05) is 5.56 Å². The molecule has 0 fully saturated rings. The van der Waals surface area contributed by atoms with Gasteiger partial charge in [0.2, 0.25) is 0 Å². The third-order valence-corrected chi connectivity index (χ3v) is 3.79. The molecule has 0 spiro atoms. The van der Waals surface area contributed by atoms with Crippen LogP contribution in [0, 0.1) is 5.92 Å². The highest BCUT2D eigenvalue weighted by atomic mass is 32.2. The van der Waals surface area contributed by atoms with Crippen molar-refractivity contribution < 1.29 is 4.52 Å². The summed E-state index contributed by atoms with van der Waals surface area (Å²) in [5.41, 5.74) is 6.52. The fourth-order valence-corrected chi connectivity index (χ4v) is 2.39. The Bertz CT molecular complexity index is 472. The molecular formula is C13H17N3OS. The van der Waals surface area contributed by atoms with Crippen molar-refractivity contribution in [1.29, 1.82) is 0 Å². The molecule has 0 saturated heterocycles. The smallest absolute Gasteiger partial charge is 0.257 e. The summed E-state index contributed by atoms with van der Waals surface area (Å²) in [5, 5.41) is 3.98. The Morgan fingerprint density at radius 2 is 2.11 bits per heavy atom. The molecule has 1 aromatic carbocycles. The second kappa shape index (κ2) is 6.56. The highest BCUT2D eigenvalue weighted by Gasteiger charge is 2.08. The van der Waals surface area contributed by atoms with E-state index in [-0.39, 0.29) is 0 Å². The van der Waals surface area contributed by atoms with Crippen molar-refractivity contribution in [2.45, 2.75) is 12.7 Å². The predicted octanol–water partition coefficient (Wildman–Crippen LogP) is 2.56. The van der Waals surface area contributed by atoms with Crippen molar-refractivity contribution >= 4 is 11.8 Å². The van der Waals surface area contributed by atoms with Gasteiger partial charge in [-0.25, -0.2) is 0 Å². The van der Waals surface area contributed by atoms with Gasteiger partial charge in [0.1, 0.15) is 0 Å². The molecule has 0 aliphatic rings. The Kier molecular flexibility index (Phi) is 4.78. The number of rotatable bonds is 6. The number of benzene rings is 1. The zero-order valence-electron chi connectivity index (χ0n) is 10.4. The highest BCUT2D eigenvalue weighted by Crippen LogP contribution is 2.19. The maximum absolute atomic E-state index is 5.57. The number of aromatic nitrogens is 2. The average molecular weight is 263 g/mol. The molecule has 96 valence electrons. The minimum absolute atomic E-state index is 0.524. The van der Waals surface area contributed by atoms with Gasteiger partial charge >= 0.3 is 0 Å². The molecule has 1 unspecified atom stereocenters. The molecule has 0 saturated carbocycles. The van der Waals surface area contributed by atoms with E-state index in [1.807, 2.05) is 30.3 Å². The molecule has 0 amide bonds. The van der Waals surface area contributed by atoms with Crippen LogP contribution in [0.2, 0.25) is 0 Å². The van der Waals surface area contributed by atoms with Crippen LogP contribution in [-0.4, -0.2) is 22.4 Å². The lowest BCUT2D eigenvalue weighted by Gasteiger charge is -2.05. The highest BCUT2D eigenvalue weighted by molar-refractivity contribution is 7.98. The summed E-state index contributed by atoms with van der Waals surface area (Å²) in [6.07, 6.45) is 0. The minimum atomic E-state index is 0.524. The van der Waals surface area contributed by atoms with Crippen LogP contribution >= 0.6 is 11.8 Å². The molecule has 1 atom stereocenters. The molecule has 0 radical (unpaired) electrons. The number of nitrogens with two attached hydrogens (primary N) is 1. The van der Waals surface area contributed by atoms with Gasteiger partial charge in [-0.2, -0.15) is 16.7 Å². The van der Waals surface area contributed by atoms with E-state index in [4.69, 9.17) is 10.3 Å². The quantitative estimate of drug-likeness (QED) is 0.867. The van der Waals surface area contributed by atoms with E-state index in [1.54, 1.807) is 11.8 Å². The van der Waals surface area contributed by atoms with Crippen LogP contribution in [0.3, 0.4) is 0 Å². The molecule has 2 N–H and O–H groups in total. The molecule has 1 heterocycles. The van der Waals surface area contributed by atoms with Crippen molar-refractivity contribution in [3.05, 3.63) is 36.2 Å². The second-order valence-corrected chi connectivity index (χ2v) is 5.27. The molecule has 18 heavy (non-hydrogen) atoms. The van der Waals surface area contributed by atoms with Gasteiger partial charge in [-0.1, -0.05) is 30.3 Å². The third-order valence-electron chi connectivity index (χ3n) is 2.52. The van der Waals surface area contributed by atoms with Crippen molar-refractivity contribution in [3.63, 3.8) is 0 Å². The largest absolute Gasteiger partial charge is 0.334 e. The fraction of sp³-hybridized carbons (Fsp3) is 0.385. The van der Waals surface area contributed by atoms with Crippen LogP contribution in [0.25, 0.3) is 11.5 Å². The Balaban J connectivity index is 1.91. The monoisotopic (exact) mass is 263 g/mol. The summed E-state index contributed by atoms with van der Waals surface area (Å²) in [7, 11) is 0. The van der Waals surface area contributed by atoms with Gasteiger partial charge in [-0.15, -0.1) is 0 Å². The minimum Gasteiger partial charge on any atom is -0.334 e. The number of hydrogen-bond donors (Lipinski definition) is 1. The van der Waals surface area contributed by atoms with E-state index in [0.29, 0.717) is 18.4 Å². The summed E-state index contributed by atoms with van der Waals surface area (Å²) in [6.45, 7) is 2.85. The Morgan fingerprint density at radius 1 is 1.33 bits per heavy atom. The van der Waals surface area contributed by atoms with E-state index in [2.05, 4.69) is 17.1 Å². The molecule has 0 bridgehead atoms. The molecule has 1 aromatic heterocycles. The SMILES string of the molecule is CC(CN)CSCc1noc(-c2ccccc2)n1. The predicted molar refractivity (Wildman–Crippen MR) is 74.1 cm³/mol. The lowest BCUT2D eigenvalue weighted by molar-refractivity contribution is 0.425. The molecule has 4 nitrogen and oxygen atoms in total. The lowest BCUT2D eigenvalue weighted by atomic mass is 10.2. The first-order valence-electron chi connectivity index (χ1n) is 5.95. The maximum Gasteiger partial charge on any atom is 0.257 e. The van der Waals surface area contributed by atoms with Crippen LogP contribution in [0.4, 0.5) is 0 Å². The van der Waals surface area contributed by atoms with Crippen LogP contribution in [0.1, 0.15) is 12.7 Å². The van der Waals surface area contributed by atoms with Crippen molar-refractivity contribution in [3.8, 4) is 11.5 Å². The van der Waals surface area contributed by atoms with E-state index >= 15 is 0 Å². The zero-order valence-corrected chi connectivity index (χ0v) is 11.2. The molecule has 5 heteroatoms. The topological polar surface area (TPSA) is 64.9 Å². The second-order valence-electron chi connectivity index (χ2n) is 4.24. The lowest BCUT2D eigenvalue weighted by Crippen LogP contribution is -2.12. The summed E-state index contributed by atoms with van der Waals surface area (Å²) in [6, 6.07) is 9.79. The standard InChI is InChI=1S/C13H17N3OS/c1-10(7-14)8-18-9-12-15-13(17-16-12)11-5-3-2-4-6-11/h2-6,10H,7-9,14H2,1H3. The van der Waals surface area contributed by atoms with E-state index in [0.717, 1.165) is 22.9 Å². The van der Waals surface area contributed by atoms with Crippen LogP contribution < -0.4 is 5.73 Å². The maximum atomic E-state index is 5.57. The summed E-state index contributed by atoms with van der Waals surface area (Å²) < 4.78 is 5.24. The van der Waals surface area contributed by atoms with Gasteiger partial charge in [0.15, 0.2) is 5.82 Å². The van der Waals surface area contributed by atoms with Gasteiger partial charge < -0.3 is 10.3 Å². The van der Waals surface area contributed by atoms with Gasteiger partial charge in [-0.05, 0) is 30.3 Å². The Morgan fingerprint density at radius 3 is 2.83 bits per heavy atom. The summed E-state index contributed by atoms with van der Waals surface area (Å²) in [5.74, 6) is 3.63. The Hall–Kier alpha value is -1.33. The molecule has 0 aliphatic heterocycles. The zero-order chi connectivity index (χ0) is 12.8. The molecule has 2 rings (SSSR count). The van der Waals surface area contributed by atoms with E-state index < -0.39 is 0 Å². The van der Waals surface area contributed by atoms with Gasteiger partial charge in [-0.3, -0.25) is 0 Å². The average Bonchev–Trinajstić information content (AvgIpc) is 2.88. The van der Waals surface area contributed by atoms with Crippen LogP contribution in [-0.2, 0) is 5.75 Å². The van der Waals surface area contributed by atoms with Gasteiger partial charge in [0.05, 0.1) is 5.75 Å². The van der Waals surface area contributed by atoms with Crippen molar-refractivity contribution in [2.75, 3.05) is 12.3 Å². The van der Waals surface area contributed by atoms with E-state index in [9.17, 15) is 0 Å². The number of hydrogen-bond acceptors (Lipinski definition) is 5. The Labute approximate surface area is 111 Å². The number of nitrogens with zero attached hydrogens (tertiary/aromatic N) is 2. The van der Waals surface area contributed by atoms with Crippen LogP contribution in [0.15, 0.2) is 34.9 Å². The molecule has 0 aliphatic carbocycles. The van der Waals surface area contributed by atoms with Gasteiger partial charge in [0.25, 0.3) is 5.89 Å². The van der Waals surface area contributed by atoms with Crippen LogP contribution in [0.5, 0.6) is 0 Å². The first-order valence-corrected chi connectivity index (χ1v) is 7.11. The third kappa shape index (κ3) is 3.58. The van der Waals surface area contributed by atoms with E-state index in [1.165, 1.54) is 0 Å². The summed E-state index contributed by atoms with van der Waals surface area (Å²) >= 11 is 1.78. The van der Waals surface area contributed by atoms with Crippen molar-refractivity contribution in [2.24, 2.45) is 11.7 Å². The summed E-state index contributed by atoms with van der Waals surface area (Å²) in [4.78, 5) is 4.37. The van der Waals surface area contributed by atoms with Crippen molar-refractivity contribution in [1.82, 2.24) is 10.1 Å². The molecular weight excluding hydrogens is 246 g/mol. The first-order chi connectivity index (χ1) is 8.79. The molecule has 2 aromatic rings. The first kappa shape index (κ1) is 13.1. The number of thioether (sulfide) groups is 1.